The Hall–Kier alpha value is -1.54. The number of nitrogens with zero attached hydrogens (tertiary/aromatic N) is 1. The van der Waals surface area contributed by atoms with Gasteiger partial charge in [-0.25, -0.2) is 0 Å². The molecule has 0 fully saturated rings. The first-order chi connectivity index (χ1) is 8.16. The molecule has 0 bridgehead atoms. The summed E-state index contributed by atoms with van der Waals surface area (Å²) < 4.78 is 2.30. The maximum absolute atomic E-state index is 6.07. The average molecular weight is 226 g/mol. The van der Waals surface area contributed by atoms with Crippen molar-refractivity contribution in [1.29, 1.82) is 0 Å². The predicted molar refractivity (Wildman–Crippen MR) is 70.5 cm³/mol. The summed E-state index contributed by atoms with van der Waals surface area (Å²) in [4.78, 5) is 0. The van der Waals surface area contributed by atoms with Gasteiger partial charge < -0.3 is 10.3 Å². The van der Waals surface area contributed by atoms with Crippen molar-refractivity contribution in [1.82, 2.24) is 4.57 Å². The van der Waals surface area contributed by atoms with Gasteiger partial charge in [-0.15, -0.1) is 0 Å². The predicted octanol–water partition coefficient (Wildman–Crippen LogP) is 3.04. The highest BCUT2D eigenvalue weighted by Crippen LogP contribution is 2.31. The molecule has 1 unspecified atom stereocenters. The molecule has 2 N–H and O–H groups in total. The fourth-order valence-electron chi connectivity index (χ4n) is 2.85. The molecule has 2 nitrogen and oxygen atoms in total. The Bertz CT molecular complexity index is 547. The summed E-state index contributed by atoms with van der Waals surface area (Å²) in [6.45, 7) is 4.29. The third-order valence-corrected chi connectivity index (χ3v) is 3.78. The molecule has 1 aliphatic rings. The van der Waals surface area contributed by atoms with Crippen LogP contribution in [-0.4, -0.2) is 4.57 Å². The number of benzene rings is 1. The van der Waals surface area contributed by atoms with E-state index in [0.29, 0.717) is 0 Å². The lowest BCUT2D eigenvalue weighted by molar-refractivity contribution is 0.713. The molecule has 0 saturated heterocycles. The summed E-state index contributed by atoms with van der Waals surface area (Å²) in [5, 5.41) is 0. The Labute approximate surface area is 102 Å². The Kier molecular flexibility index (Phi) is 2.33. The number of hydrogen-bond donors (Lipinski definition) is 1. The van der Waals surface area contributed by atoms with Crippen LogP contribution in [0.1, 0.15) is 35.0 Å². The molecule has 0 spiro atoms. The summed E-state index contributed by atoms with van der Waals surface area (Å²) in [6, 6.07) is 11.2. The van der Waals surface area contributed by atoms with Crippen LogP contribution in [0, 0.1) is 13.8 Å². The van der Waals surface area contributed by atoms with Gasteiger partial charge in [-0.3, -0.25) is 0 Å². The molecule has 1 aliphatic carbocycles. The van der Waals surface area contributed by atoms with E-state index in [2.05, 4.69) is 48.7 Å². The van der Waals surface area contributed by atoms with Crippen molar-refractivity contribution in [2.45, 2.75) is 32.7 Å². The Morgan fingerprint density at radius 1 is 1.12 bits per heavy atom. The van der Waals surface area contributed by atoms with Gasteiger partial charge in [0.25, 0.3) is 0 Å². The fourth-order valence-corrected chi connectivity index (χ4v) is 2.85. The lowest BCUT2D eigenvalue weighted by Crippen LogP contribution is -2.05. The van der Waals surface area contributed by atoms with E-state index in [1.807, 2.05) is 0 Å². The van der Waals surface area contributed by atoms with Gasteiger partial charge in [-0.2, -0.15) is 0 Å². The van der Waals surface area contributed by atoms with Crippen molar-refractivity contribution in [3.05, 3.63) is 52.8 Å². The van der Waals surface area contributed by atoms with E-state index < -0.39 is 0 Å². The van der Waals surface area contributed by atoms with Gasteiger partial charge in [0.05, 0.1) is 0 Å². The third kappa shape index (κ3) is 1.60. The van der Waals surface area contributed by atoms with Gasteiger partial charge in [-0.1, -0.05) is 6.07 Å². The monoisotopic (exact) mass is 226 g/mol. The quantitative estimate of drug-likeness (QED) is 0.796. The second-order valence-corrected chi connectivity index (χ2v) is 4.98. The number of hydrogen-bond acceptors (Lipinski definition) is 1. The SMILES string of the molecule is Cc1ccc(C)n1-c1ccc2c(c1)CCC2N. The van der Waals surface area contributed by atoms with Gasteiger partial charge in [0.15, 0.2) is 0 Å². The number of aryl methyl sites for hydroxylation is 3. The molecule has 1 atom stereocenters. The molecule has 0 radical (unpaired) electrons. The second-order valence-electron chi connectivity index (χ2n) is 4.98. The van der Waals surface area contributed by atoms with Crippen molar-refractivity contribution in [3.8, 4) is 5.69 Å². The zero-order chi connectivity index (χ0) is 12.0. The summed E-state index contributed by atoms with van der Waals surface area (Å²) in [5.41, 5.74) is 12.6. The van der Waals surface area contributed by atoms with E-state index >= 15 is 0 Å². The van der Waals surface area contributed by atoms with Crippen molar-refractivity contribution < 1.29 is 0 Å². The molecule has 0 amide bonds. The fraction of sp³-hybridized carbons (Fsp3) is 0.333. The standard InChI is InChI=1S/C15H18N2/c1-10-3-4-11(2)17(10)13-6-7-14-12(9-13)5-8-15(14)16/h3-4,6-7,9,15H,5,8,16H2,1-2H3. The lowest BCUT2D eigenvalue weighted by Gasteiger charge is -2.12. The summed E-state index contributed by atoms with van der Waals surface area (Å²) >= 11 is 0. The van der Waals surface area contributed by atoms with Crippen LogP contribution in [0.25, 0.3) is 5.69 Å². The first kappa shape index (κ1) is 10.6. The molecule has 0 saturated carbocycles. The van der Waals surface area contributed by atoms with Crippen LogP contribution in [0.5, 0.6) is 0 Å². The van der Waals surface area contributed by atoms with Crippen LogP contribution < -0.4 is 5.73 Å². The minimum absolute atomic E-state index is 0.242. The maximum Gasteiger partial charge on any atom is 0.0457 e. The first-order valence-electron chi connectivity index (χ1n) is 6.20. The number of fused-ring (bicyclic) bond motifs is 1. The van der Waals surface area contributed by atoms with E-state index in [4.69, 9.17) is 5.73 Å². The third-order valence-electron chi connectivity index (χ3n) is 3.78. The molecule has 3 rings (SSSR count). The minimum atomic E-state index is 0.242. The largest absolute Gasteiger partial charge is 0.324 e. The molecule has 1 heterocycles. The van der Waals surface area contributed by atoms with Crippen LogP contribution in [-0.2, 0) is 6.42 Å². The molecule has 88 valence electrons. The molecule has 2 heteroatoms. The van der Waals surface area contributed by atoms with Crippen LogP contribution in [0.4, 0.5) is 0 Å². The Morgan fingerprint density at radius 3 is 2.53 bits per heavy atom. The van der Waals surface area contributed by atoms with Crippen LogP contribution >= 0.6 is 0 Å². The molecule has 1 aromatic carbocycles. The highest BCUT2D eigenvalue weighted by atomic mass is 15.0. The molecular weight excluding hydrogens is 208 g/mol. The van der Waals surface area contributed by atoms with E-state index in [0.717, 1.165) is 12.8 Å². The normalized spacial score (nSPS) is 18.4. The summed E-state index contributed by atoms with van der Waals surface area (Å²) in [6.07, 6.45) is 2.20. The van der Waals surface area contributed by atoms with Crippen molar-refractivity contribution in [2.24, 2.45) is 5.73 Å². The smallest absolute Gasteiger partial charge is 0.0457 e. The number of aromatic nitrogens is 1. The van der Waals surface area contributed by atoms with Crippen molar-refractivity contribution in [3.63, 3.8) is 0 Å². The van der Waals surface area contributed by atoms with E-state index in [1.54, 1.807) is 0 Å². The second kappa shape index (κ2) is 3.74. The summed E-state index contributed by atoms with van der Waals surface area (Å²) in [5.74, 6) is 0. The van der Waals surface area contributed by atoms with Crippen LogP contribution in [0.3, 0.4) is 0 Å². The van der Waals surface area contributed by atoms with Gasteiger partial charge in [0.1, 0.15) is 0 Å². The average Bonchev–Trinajstić information content (AvgIpc) is 2.83. The Balaban J connectivity index is 2.12. The molecule has 17 heavy (non-hydrogen) atoms. The van der Waals surface area contributed by atoms with Gasteiger partial charge in [-0.05, 0) is 62.1 Å². The number of rotatable bonds is 1. The topological polar surface area (TPSA) is 30.9 Å². The van der Waals surface area contributed by atoms with Gasteiger partial charge in [0.2, 0.25) is 0 Å². The van der Waals surface area contributed by atoms with Crippen molar-refractivity contribution >= 4 is 0 Å². The van der Waals surface area contributed by atoms with Crippen LogP contribution in [0.15, 0.2) is 30.3 Å². The summed E-state index contributed by atoms with van der Waals surface area (Å²) in [7, 11) is 0. The zero-order valence-corrected chi connectivity index (χ0v) is 10.4. The van der Waals surface area contributed by atoms with E-state index in [-0.39, 0.29) is 6.04 Å². The Morgan fingerprint density at radius 2 is 1.82 bits per heavy atom. The van der Waals surface area contributed by atoms with E-state index in [1.165, 1.54) is 28.2 Å². The zero-order valence-electron chi connectivity index (χ0n) is 10.4. The molecule has 0 aliphatic heterocycles. The molecular formula is C15H18N2. The van der Waals surface area contributed by atoms with Crippen LogP contribution in [0.2, 0.25) is 0 Å². The van der Waals surface area contributed by atoms with Gasteiger partial charge >= 0.3 is 0 Å². The van der Waals surface area contributed by atoms with E-state index in [9.17, 15) is 0 Å². The molecule has 2 aromatic rings. The minimum Gasteiger partial charge on any atom is -0.324 e. The maximum atomic E-state index is 6.07. The molecule has 1 aromatic heterocycles. The lowest BCUT2D eigenvalue weighted by atomic mass is 10.1. The highest BCUT2D eigenvalue weighted by molar-refractivity contribution is 5.46. The first-order valence-corrected chi connectivity index (χ1v) is 6.20. The van der Waals surface area contributed by atoms with Crippen molar-refractivity contribution in [2.75, 3.05) is 0 Å². The highest BCUT2D eigenvalue weighted by Gasteiger charge is 2.19. The van der Waals surface area contributed by atoms with Gasteiger partial charge in [0, 0.05) is 23.1 Å². The number of nitrogens with two attached hydrogens (primary N) is 1.